The van der Waals surface area contributed by atoms with Crippen LogP contribution in [0.5, 0.6) is 0 Å². The van der Waals surface area contributed by atoms with Crippen LogP contribution in [-0.2, 0) is 18.9 Å². The summed E-state index contributed by atoms with van der Waals surface area (Å²) in [5.41, 5.74) is 0. The van der Waals surface area contributed by atoms with Crippen molar-refractivity contribution in [3.63, 3.8) is 0 Å². The molecule has 4 nitrogen and oxygen atoms in total. The molecule has 1 unspecified atom stereocenters. The van der Waals surface area contributed by atoms with E-state index in [0.29, 0.717) is 19.3 Å². The Morgan fingerprint density at radius 3 is 2.47 bits per heavy atom. The van der Waals surface area contributed by atoms with Gasteiger partial charge in [-0.15, -0.1) is 0 Å². The summed E-state index contributed by atoms with van der Waals surface area (Å²) in [6.07, 6.45) is 2.16. The third-order valence-electron chi connectivity index (χ3n) is 2.14. The van der Waals surface area contributed by atoms with E-state index in [4.69, 9.17) is 18.9 Å². The van der Waals surface area contributed by atoms with Crippen LogP contribution in [0.25, 0.3) is 0 Å². The Balaban J connectivity index is 1.89. The molecule has 0 N–H and O–H groups in total. The van der Waals surface area contributed by atoms with Gasteiger partial charge in [-0.25, -0.2) is 0 Å². The van der Waals surface area contributed by atoms with Crippen LogP contribution in [0.4, 0.5) is 0 Å². The van der Waals surface area contributed by atoms with Gasteiger partial charge in [0.1, 0.15) is 6.10 Å². The molecule has 0 bridgehead atoms. The van der Waals surface area contributed by atoms with Crippen LogP contribution in [0.3, 0.4) is 0 Å². The van der Waals surface area contributed by atoms with Crippen LogP contribution < -0.4 is 0 Å². The Labute approximate surface area is 91.8 Å². The highest BCUT2D eigenvalue weighted by atomic mass is 16.7. The predicted molar refractivity (Wildman–Crippen MR) is 56.8 cm³/mol. The van der Waals surface area contributed by atoms with Crippen molar-refractivity contribution in [2.24, 2.45) is 0 Å². The van der Waals surface area contributed by atoms with Gasteiger partial charge in [0.15, 0.2) is 6.29 Å². The molecule has 0 radical (unpaired) electrons. The minimum Gasteiger partial charge on any atom is -0.379 e. The minimum atomic E-state index is -0.0687. The third-order valence-corrected chi connectivity index (χ3v) is 2.14. The molecule has 90 valence electrons. The molecule has 1 aliphatic heterocycles. The van der Waals surface area contributed by atoms with Gasteiger partial charge in [0.25, 0.3) is 0 Å². The summed E-state index contributed by atoms with van der Waals surface area (Å²) in [6.45, 7) is 7.70. The minimum absolute atomic E-state index is 0.0687. The second-order valence-electron chi connectivity index (χ2n) is 3.51. The van der Waals surface area contributed by atoms with Crippen LogP contribution in [0.15, 0.2) is 0 Å². The molecule has 1 atom stereocenters. The molecule has 4 heteroatoms. The molecule has 0 aromatic heterocycles. The van der Waals surface area contributed by atoms with Crippen molar-refractivity contribution in [3.05, 3.63) is 0 Å². The molecule has 0 spiro atoms. The molecule has 1 fully saturated rings. The summed E-state index contributed by atoms with van der Waals surface area (Å²) >= 11 is 0. The smallest absolute Gasteiger partial charge is 0.157 e. The van der Waals surface area contributed by atoms with Crippen molar-refractivity contribution in [2.45, 2.75) is 39.1 Å². The molecule has 0 aromatic rings. The van der Waals surface area contributed by atoms with E-state index in [-0.39, 0.29) is 6.29 Å². The Morgan fingerprint density at radius 2 is 1.93 bits per heavy atom. The molecular formula is C11H22O4. The second kappa shape index (κ2) is 8.05. The third kappa shape index (κ3) is 6.84. The normalized spacial score (nSPS) is 19.8. The fraction of sp³-hybridized carbons (Fsp3) is 1.00. The van der Waals surface area contributed by atoms with Crippen molar-refractivity contribution < 1.29 is 18.9 Å². The highest BCUT2D eigenvalue weighted by Gasteiger charge is 2.22. The van der Waals surface area contributed by atoms with E-state index in [1.54, 1.807) is 0 Å². The zero-order valence-corrected chi connectivity index (χ0v) is 9.74. The van der Waals surface area contributed by atoms with Crippen molar-refractivity contribution in [3.8, 4) is 0 Å². The summed E-state index contributed by atoms with van der Waals surface area (Å²) in [5.74, 6) is 0. The first kappa shape index (κ1) is 12.9. The highest BCUT2D eigenvalue weighted by molar-refractivity contribution is 4.67. The van der Waals surface area contributed by atoms with Gasteiger partial charge in [0.2, 0.25) is 0 Å². The maximum atomic E-state index is 5.43. The number of hydrogen-bond donors (Lipinski definition) is 0. The molecule has 1 aliphatic rings. The molecule has 15 heavy (non-hydrogen) atoms. The van der Waals surface area contributed by atoms with Crippen molar-refractivity contribution in [1.82, 2.24) is 0 Å². The summed E-state index contributed by atoms with van der Waals surface area (Å²) in [6, 6.07) is 0. The van der Waals surface area contributed by atoms with E-state index < -0.39 is 0 Å². The van der Waals surface area contributed by atoms with Crippen LogP contribution in [0.1, 0.15) is 26.7 Å². The van der Waals surface area contributed by atoms with Crippen molar-refractivity contribution in [1.29, 1.82) is 0 Å². The first-order chi connectivity index (χ1) is 7.36. The van der Waals surface area contributed by atoms with Gasteiger partial charge >= 0.3 is 0 Å². The molecule has 0 aromatic carbocycles. The molecule has 1 heterocycles. The Bertz CT molecular complexity index is 142. The summed E-state index contributed by atoms with van der Waals surface area (Å²) in [7, 11) is 0. The van der Waals surface area contributed by atoms with E-state index in [0.717, 1.165) is 32.7 Å². The zero-order valence-electron chi connectivity index (χ0n) is 9.74. The highest BCUT2D eigenvalue weighted by Crippen LogP contribution is 2.09. The first-order valence-electron chi connectivity index (χ1n) is 5.79. The maximum Gasteiger partial charge on any atom is 0.157 e. The first-order valence-corrected chi connectivity index (χ1v) is 5.79. The fourth-order valence-electron chi connectivity index (χ4n) is 1.32. The van der Waals surface area contributed by atoms with Crippen molar-refractivity contribution >= 4 is 0 Å². The molecule has 1 rings (SSSR count). The number of ether oxygens (including phenoxy) is 4. The lowest BCUT2D eigenvalue weighted by Crippen LogP contribution is -2.18. The quantitative estimate of drug-likeness (QED) is 0.317. The van der Waals surface area contributed by atoms with Crippen LogP contribution in [0.2, 0.25) is 0 Å². The lowest BCUT2D eigenvalue weighted by molar-refractivity contribution is -0.141. The van der Waals surface area contributed by atoms with Crippen LogP contribution in [0, 0.1) is 0 Å². The van der Waals surface area contributed by atoms with Crippen LogP contribution in [-0.4, -0.2) is 45.4 Å². The number of hydrogen-bond acceptors (Lipinski definition) is 4. The Morgan fingerprint density at radius 1 is 1.27 bits per heavy atom. The summed E-state index contributed by atoms with van der Waals surface area (Å²) < 4.78 is 21.3. The van der Waals surface area contributed by atoms with E-state index in [2.05, 4.69) is 0 Å². The molecule has 1 saturated heterocycles. The second-order valence-corrected chi connectivity index (χ2v) is 3.51. The standard InChI is InChI=1S/C11H22O4/c1-3-13-11(14-4-2)6-5-7-12-8-10-9-15-10/h10-11H,3-9H2,1-2H3. The van der Waals surface area contributed by atoms with Gasteiger partial charge in [0.05, 0.1) is 13.2 Å². The largest absolute Gasteiger partial charge is 0.379 e. The van der Waals surface area contributed by atoms with Gasteiger partial charge in [-0.2, -0.15) is 0 Å². The number of rotatable bonds is 10. The van der Waals surface area contributed by atoms with Gasteiger partial charge < -0.3 is 18.9 Å². The maximum absolute atomic E-state index is 5.43. The Kier molecular flexibility index (Phi) is 6.92. The Hall–Kier alpha value is -0.160. The average Bonchev–Trinajstić information content (AvgIpc) is 3.02. The molecule has 0 amide bonds. The van der Waals surface area contributed by atoms with E-state index in [1.807, 2.05) is 13.8 Å². The zero-order chi connectivity index (χ0) is 10.9. The predicted octanol–water partition coefficient (Wildman–Crippen LogP) is 1.58. The fourth-order valence-corrected chi connectivity index (χ4v) is 1.32. The van der Waals surface area contributed by atoms with Gasteiger partial charge in [-0.05, 0) is 20.3 Å². The topological polar surface area (TPSA) is 40.2 Å². The van der Waals surface area contributed by atoms with Gasteiger partial charge in [0, 0.05) is 26.2 Å². The summed E-state index contributed by atoms with van der Waals surface area (Å²) in [5, 5.41) is 0. The van der Waals surface area contributed by atoms with E-state index in [9.17, 15) is 0 Å². The average molecular weight is 218 g/mol. The van der Waals surface area contributed by atoms with Crippen molar-refractivity contribution in [2.75, 3.05) is 33.0 Å². The monoisotopic (exact) mass is 218 g/mol. The molecular weight excluding hydrogens is 196 g/mol. The van der Waals surface area contributed by atoms with E-state index >= 15 is 0 Å². The van der Waals surface area contributed by atoms with Gasteiger partial charge in [-0.1, -0.05) is 0 Å². The lowest BCUT2D eigenvalue weighted by atomic mass is 10.3. The molecule has 0 aliphatic carbocycles. The SMILES string of the molecule is CCOC(CCCOCC1CO1)OCC. The van der Waals surface area contributed by atoms with Crippen LogP contribution >= 0.6 is 0 Å². The molecule has 0 saturated carbocycles. The van der Waals surface area contributed by atoms with Gasteiger partial charge in [-0.3, -0.25) is 0 Å². The summed E-state index contributed by atoms with van der Waals surface area (Å²) in [4.78, 5) is 0. The van der Waals surface area contributed by atoms with E-state index in [1.165, 1.54) is 0 Å². The number of epoxide rings is 1. The lowest BCUT2D eigenvalue weighted by Gasteiger charge is -2.16.